The highest BCUT2D eigenvalue weighted by molar-refractivity contribution is 7.90. The molecular formula is C19H25ClN2O3S. The molecule has 1 aliphatic carbocycles. The number of sulfonamides is 1. The summed E-state index contributed by atoms with van der Waals surface area (Å²) in [7, 11) is -3.32. The van der Waals surface area contributed by atoms with Gasteiger partial charge in [0.1, 0.15) is 0 Å². The summed E-state index contributed by atoms with van der Waals surface area (Å²) in [6, 6.07) is 7.35. The van der Waals surface area contributed by atoms with Crippen LogP contribution in [0.4, 0.5) is 0 Å². The fourth-order valence-electron chi connectivity index (χ4n) is 4.38. The summed E-state index contributed by atoms with van der Waals surface area (Å²) < 4.78 is 27.7. The smallest absolute Gasteiger partial charge is 0.225 e. The fourth-order valence-corrected chi connectivity index (χ4v) is 6.73. The lowest BCUT2D eigenvalue weighted by Gasteiger charge is -2.31. The van der Waals surface area contributed by atoms with Gasteiger partial charge in [-0.05, 0) is 49.3 Å². The highest BCUT2D eigenvalue weighted by atomic mass is 35.5. The highest BCUT2D eigenvalue weighted by Gasteiger charge is 2.47. The number of carbonyl (C=O) groups is 1. The first-order chi connectivity index (χ1) is 12.4. The van der Waals surface area contributed by atoms with E-state index in [2.05, 4.69) is 0 Å². The SMILES string of the molecule is O=C(C1CCC1)N1CC[C@H]2CN(Cc3ccc(Cl)cc3)S(=O)(=O)[C@@H]2CC1. The Balaban J connectivity index is 1.44. The van der Waals surface area contributed by atoms with Gasteiger partial charge in [-0.3, -0.25) is 4.79 Å². The van der Waals surface area contributed by atoms with Crippen LogP contribution in [0.3, 0.4) is 0 Å². The van der Waals surface area contributed by atoms with Crippen LogP contribution >= 0.6 is 11.6 Å². The standard InChI is InChI=1S/C19H25ClN2O3S/c20-17-6-4-14(5-7-17)12-22-13-16-8-10-21(19(23)15-2-1-3-15)11-9-18(16)26(22,24)25/h4-7,15-16,18H,1-3,8-13H2/t16-,18+/m0/s1. The molecule has 0 radical (unpaired) electrons. The molecule has 0 spiro atoms. The molecule has 0 bridgehead atoms. The van der Waals surface area contributed by atoms with Crippen LogP contribution in [0.5, 0.6) is 0 Å². The first-order valence-electron chi connectivity index (χ1n) is 9.47. The molecule has 0 unspecified atom stereocenters. The molecule has 26 heavy (non-hydrogen) atoms. The molecule has 4 rings (SSSR count). The van der Waals surface area contributed by atoms with E-state index >= 15 is 0 Å². The van der Waals surface area contributed by atoms with E-state index in [-0.39, 0.29) is 23.0 Å². The second-order valence-electron chi connectivity index (χ2n) is 7.79. The number of hydrogen-bond acceptors (Lipinski definition) is 3. The topological polar surface area (TPSA) is 57.7 Å². The van der Waals surface area contributed by atoms with Crippen LogP contribution in [0.2, 0.25) is 5.02 Å². The molecule has 1 saturated carbocycles. The third-order valence-electron chi connectivity index (χ3n) is 6.20. The number of nitrogens with zero attached hydrogens (tertiary/aromatic N) is 2. The minimum Gasteiger partial charge on any atom is -0.342 e. The first-order valence-corrected chi connectivity index (χ1v) is 11.4. The van der Waals surface area contributed by atoms with Gasteiger partial charge < -0.3 is 4.90 Å². The third-order valence-corrected chi connectivity index (χ3v) is 8.83. The summed E-state index contributed by atoms with van der Waals surface area (Å²) in [6.45, 7) is 2.23. The molecule has 7 heteroatoms. The maximum atomic E-state index is 13.0. The van der Waals surface area contributed by atoms with Gasteiger partial charge in [0.2, 0.25) is 15.9 Å². The molecule has 3 aliphatic rings. The Morgan fingerprint density at radius 2 is 1.77 bits per heavy atom. The van der Waals surface area contributed by atoms with Crippen molar-refractivity contribution in [3.63, 3.8) is 0 Å². The van der Waals surface area contributed by atoms with E-state index in [0.29, 0.717) is 37.6 Å². The number of amides is 1. The average Bonchev–Trinajstić information content (AvgIpc) is 2.71. The molecule has 1 aromatic carbocycles. The summed E-state index contributed by atoms with van der Waals surface area (Å²) in [5.41, 5.74) is 0.955. The van der Waals surface area contributed by atoms with Gasteiger partial charge in [0, 0.05) is 37.1 Å². The average molecular weight is 397 g/mol. The second kappa shape index (κ2) is 7.13. The number of hydrogen-bond donors (Lipinski definition) is 0. The Hall–Kier alpha value is -1.11. The Kier molecular flexibility index (Phi) is 5.01. The van der Waals surface area contributed by atoms with Crippen LogP contribution in [0.15, 0.2) is 24.3 Å². The molecule has 2 atom stereocenters. The van der Waals surface area contributed by atoms with Gasteiger partial charge in [-0.1, -0.05) is 30.2 Å². The maximum Gasteiger partial charge on any atom is 0.225 e. The summed E-state index contributed by atoms with van der Waals surface area (Å²) in [5, 5.41) is 0.299. The van der Waals surface area contributed by atoms with Gasteiger partial charge in [-0.15, -0.1) is 0 Å². The number of benzene rings is 1. The molecule has 1 aromatic rings. The van der Waals surface area contributed by atoms with Gasteiger partial charge in [0.15, 0.2) is 0 Å². The summed E-state index contributed by atoms with van der Waals surface area (Å²) in [5.74, 6) is 0.545. The van der Waals surface area contributed by atoms with Crippen molar-refractivity contribution in [1.29, 1.82) is 0 Å². The van der Waals surface area contributed by atoms with Crippen LogP contribution in [-0.2, 0) is 21.4 Å². The molecule has 3 fully saturated rings. The Morgan fingerprint density at radius 3 is 2.42 bits per heavy atom. The Bertz CT molecular complexity index is 776. The van der Waals surface area contributed by atoms with Gasteiger partial charge >= 0.3 is 0 Å². The van der Waals surface area contributed by atoms with Gasteiger partial charge in [-0.2, -0.15) is 4.31 Å². The van der Waals surface area contributed by atoms with E-state index in [9.17, 15) is 13.2 Å². The largest absolute Gasteiger partial charge is 0.342 e. The third kappa shape index (κ3) is 3.39. The second-order valence-corrected chi connectivity index (χ2v) is 10.4. The van der Waals surface area contributed by atoms with E-state index in [1.165, 1.54) is 0 Å². The van der Waals surface area contributed by atoms with E-state index in [0.717, 1.165) is 31.2 Å². The molecule has 0 aromatic heterocycles. The summed E-state index contributed by atoms with van der Waals surface area (Å²) in [4.78, 5) is 14.4. The van der Waals surface area contributed by atoms with Crippen LogP contribution in [-0.4, -0.2) is 48.4 Å². The number of rotatable bonds is 3. The molecule has 2 aliphatic heterocycles. The number of carbonyl (C=O) groups excluding carboxylic acids is 1. The van der Waals surface area contributed by atoms with Crippen LogP contribution < -0.4 is 0 Å². The van der Waals surface area contributed by atoms with Crippen molar-refractivity contribution in [3.8, 4) is 0 Å². The first kappa shape index (κ1) is 18.3. The van der Waals surface area contributed by atoms with Crippen LogP contribution in [0.1, 0.15) is 37.7 Å². The minimum atomic E-state index is -3.32. The molecule has 5 nitrogen and oxygen atoms in total. The van der Waals surface area contributed by atoms with Crippen molar-refractivity contribution in [2.75, 3.05) is 19.6 Å². The Morgan fingerprint density at radius 1 is 1.08 bits per heavy atom. The van der Waals surface area contributed by atoms with Crippen LogP contribution in [0.25, 0.3) is 0 Å². The zero-order chi connectivity index (χ0) is 18.3. The van der Waals surface area contributed by atoms with Gasteiger partial charge in [-0.25, -0.2) is 8.42 Å². The molecule has 1 amide bonds. The zero-order valence-electron chi connectivity index (χ0n) is 14.8. The van der Waals surface area contributed by atoms with Crippen molar-refractivity contribution < 1.29 is 13.2 Å². The maximum absolute atomic E-state index is 13.0. The lowest BCUT2D eigenvalue weighted by atomic mass is 9.84. The van der Waals surface area contributed by atoms with Gasteiger partial charge in [0.05, 0.1) is 5.25 Å². The normalized spacial score (nSPS) is 29.0. The lowest BCUT2D eigenvalue weighted by molar-refractivity contribution is -0.138. The van der Waals surface area contributed by atoms with E-state index in [4.69, 9.17) is 11.6 Å². The molecule has 2 heterocycles. The van der Waals surface area contributed by atoms with Crippen molar-refractivity contribution in [1.82, 2.24) is 9.21 Å². The van der Waals surface area contributed by atoms with Crippen molar-refractivity contribution in [2.24, 2.45) is 11.8 Å². The zero-order valence-corrected chi connectivity index (χ0v) is 16.4. The number of likely N-dealkylation sites (tertiary alicyclic amines) is 1. The van der Waals surface area contributed by atoms with Crippen LogP contribution in [0, 0.1) is 11.8 Å². The van der Waals surface area contributed by atoms with E-state index < -0.39 is 10.0 Å². The number of fused-ring (bicyclic) bond motifs is 1. The summed E-state index contributed by atoms with van der Waals surface area (Å²) in [6.07, 6.45) is 4.47. The molecular weight excluding hydrogens is 372 g/mol. The fraction of sp³-hybridized carbons (Fsp3) is 0.632. The van der Waals surface area contributed by atoms with Crippen molar-refractivity contribution in [3.05, 3.63) is 34.9 Å². The Labute approximate surface area is 160 Å². The monoisotopic (exact) mass is 396 g/mol. The van der Waals surface area contributed by atoms with Gasteiger partial charge in [0.25, 0.3) is 0 Å². The number of halogens is 1. The summed E-state index contributed by atoms with van der Waals surface area (Å²) >= 11 is 5.91. The highest BCUT2D eigenvalue weighted by Crippen LogP contribution is 2.36. The predicted octanol–water partition coefficient (Wildman–Crippen LogP) is 2.89. The van der Waals surface area contributed by atoms with Crippen molar-refractivity contribution in [2.45, 2.75) is 43.9 Å². The van der Waals surface area contributed by atoms with E-state index in [1.807, 2.05) is 17.0 Å². The minimum absolute atomic E-state index is 0.117. The predicted molar refractivity (Wildman–Crippen MR) is 101 cm³/mol. The molecule has 0 N–H and O–H groups in total. The van der Waals surface area contributed by atoms with Crippen molar-refractivity contribution >= 4 is 27.5 Å². The molecule has 2 saturated heterocycles. The lowest BCUT2D eigenvalue weighted by Crippen LogP contribution is -2.40. The quantitative estimate of drug-likeness (QED) is 0.789. The van der Waals surface area contributed by atoms with E-state index in [1.54, 1.807) is 16.4 Å². The molecule has 142 valence electrons.